The van der Waals surface area contributed by atoms with Gasteiger partial charge in [0.15, 0.2) is 0 Å². The third kappa shape index (κ3) is 1.81. The summed E-state index contributed by atoms with van der Waals surface area (Å²) in [5.41, 5.74) is 7.18. The summed E-state index contributed by atoms with van der Waals surface area (Å²) in [5.74, 6) is 0.912. The number of hydrogen-bond acceptors (Lipinski definition) is 4. The third-order valence-electron chi connectivity index (χ3n) is 3.34. The van der Waals surface area contributed by atoms with E-state index < -0.39 is 0 Å². The molecule has 17 heavy (non-hydrogen) atoms. The van der Waals surface area contributed by atoms with Crippen LogP contribution in [-0.4, -0.2) is 11.6 Å². The number of benzene rings is 1. The lowest BCUT2D eigenvalue weighted by atomic mass is 9.78. The minimum atomic E-state index is -0.157. The van der Waals surface area contributed by atoms with Gasteiger partial charge in [0, 0.05) is 0 Å². The highest BCUT2D eigenvalue weighted by Crippen LogP contribution is 2.42. The van der Waals surface area contributed by atoms with Gasteiger partial charge in [-0.2, -0.15) is 0 Å². The number of nitrogens with zero attached hydrogens (tertiary/aromatic N) is 1. The number of thiazole rings is 1. The summed E-state index contributed by atoms with van der Waals surface area (Å²) in [6.07, 6.45) is 3.34. The third-order valence-corrected chi connectivity index (χ3v) is 4.58. The summed E-state index contributed by atoms with van der Waals surface area (Å²) in [6, 6.07) is 6.05. The maximum Gasteiger partial charge on any atom is 0.120 e. The van der Waals surface area contributed by atoms with Gasteiger partial charge in [-0.1, -0.05) is 0 Å². The van der Waals surface area contributed by atoms with E-state index in [0.29, 0.717) is 6.61 Å². The van der Waals surface area contributed by atoms with E-state index in [-0.39, 0.29) is 5.54 Å². The molecule has 0 unspecified atom stereocenters. The molecule has 3 nitrogen and oxygen atoms in total. The van der Waals surface area contributed by atoms with Crippen LogP contribution in [0, 0.1) is 0 Å². The maximum atomic E-state index is 6.30. The molecule has 1 fully saturated rings. The van der Waals surface area contributed by atoms with Gasteiger partial charge in [0.25, 0.3) is 0 Å². The lowest BCUT2D eigenvalue weighted by molar-refractivity contribution is 0.253. The molecule has 0 radical (unpaired) electrons. The normalized spacial score (nSPS) is 18.0. The van der Waals surface area contributed by atoms with Crippen LogP contribution in [0.15, 0.2) is 18.2 Å². The number of rotatable bonds is 3. The first-order chi connectivity index (χ1) is 8.21. The molecule has 0 spiro atoms. The van der Waals surface area contributed by atoms with Crippen LogP contribution < -0.4 is 10.5 Å². The Labute approximate surface area is 105 Å². The molecule has 2 aromatic rings. The van der Waals surface area contributed by atoms with Crippen molar-refractivity contribution in [3.8, 4) is 5.75 Å². The lowest BCUT2D eigenvalue weighted by Gasteiger charge is -2.35. The Hall–Kier alpha value is -1.13. The number of fused-ring (bicyclic) bond motifs is 1. The molecule has 0 bridgehead atoms. The molecule has 1 aliphatic rings. The SMILES string of the molecule is CCOc1ccc2nc(C3(N)CCC3)sc2c1. The number of hydrogen-bond donors (Lipinski definition) is 1. The number of nitrogens with two attached hydrogens (primary N) is 1. The van der Waals surface area contributed by atoms with Gasteiger partial charge >= 0.3 is 0 Å². The molecular weight excluding hydrogens is 232 g/mol. The summed E-state index contributed by atoms with van der Waals surface area (Å²) < 4.78 is 6.67. The van der Waals surface area contributed by atoms with Crippen LogP contribution in [0.4, 0.5) is 0 Å². The van der Waals surface area contributed by atoms with Gasteiger partial charge in [-0.05, 0) is 44.4 Å². The zero-order valence-electron chi connectivity index (χ0n) is 9.90. The van der Waals surface area contributed by atoms with Crippen molar-refractivity contribution in [1.82, 2.24) is 4.98 Å². The predicted octanol–water partition coefficient (Wildman–Crippen LogP) is 3.03. The van der Waals surface area contributed by atoms with Crippen molar-refractivity contribution in [3.05, 3.63) is 23.2 Å². The molecule has 1 saturated carbocycles. The maximum absolute atomic E-state index is 6.30. The van der Waals surface area contributed by atoms with Gasteiger partial charge in [0.2, 0.25) is 0 Å². The van der Waals surface area contributed by atoms with Crippen molar-refractivity contribution in [2.24, 2.45) is 5.73 Å². The topological polar surface area (TPSA) is 48.1 Å². The van der Waals surface area contributed by atoms with Crippen molar-refractivity contribution < 1.29 is 4.74 Å². The zero-order chi connectivity index (χ0) is 11.9. The van der Waals surface area contributed by atoms with Crippen LogP contribution in [0.2, 0.25) is 0 Å². The monoisotopic (exact) mass is 248 g/mol. The van der Waals surface area contributed by atoms with Crippen molar-refractivity contribution in [2.45, 2.75) is 31.7 Å². The Balaban J connectivity index is 2.00. The van der Waals surface area contributed by atoms with Gasteiger partial charge in [-0.3, -0.25) is 0 Å². The number of ether oxygens (including phenoxy) is 1. The molecule has 0 aliphatic heterocycles. The van der Waals surface area contributed by atoms with Crippen LogP contribution in [-0.2, 0) is 5.54 Å². The van der Waals surface area contributed by atoms with Crippen molar-refractivity contribution in [3.63, 3.8) is 0 Å². The summed E-state index contributed by atoms with van der Waals surface area (Å²) >= 11 is 1.70. The van der Waals surface area contributed by atoms with Crippen molar-refractivity contribution in [1.29, 1.82) is 0 Å². The lowest BCUT2D eigenvalue weighted by Crippen LogP contribution is -2.43. The molecule has 0 amide bonds. The van der Waals surface area contributed by atoms with E-state index in [0.717, 1.165) is 29.1 Å². The molecule has 2 N–H and O–H groups in total. The van der Waals surface area contributed by atoms with Crippen LogP contribution in [0.5, 0.6) is 5.75 Å². The van der Waals surface area contributed by atoms with E-state index in [1.165, 1.54) is 11.1 Å². The number of aromatic nitrogens is 1. The first-order valence-corrected chi connectivity index (χ1v) is 6.86. The molecular formula is C13H16N2OS. The second-order valence-electron chi connectivity index (χ2n) is 4.59. The average molecular weight is 248 g/mol. The fraction of sp³-hybridized carbons (Fsp3) is 0.462. The van der Waals surface area contributed by atoms with E-state index >= 15 is 0 Å². The summed E-state index contributed by atoms with van der Waals surface area (Å²) in [6.45, 7) is 2.68. The molecule has 4 heteroatoms. The van der Waals surface area contributed by atoms with E-state index in [9.17, 15) is 0 Å². The molecule has 1 aliphatic carbocycles. The molecule has 90 valence electrons. The highest BCUT2D eigenvalue weighted by Gasteiger charge is 2.37. The van der Waals surface area contributed by atoms with Crippen molar-refractivity contribution >= 4 is 21.6 Å². The predicted molar refractivity (Wildman–Crippen MR) is 70.5 cm³/mol. The highest BCUT2D eigenvalue weighted by atomic mass is 32.1. The van der Waals surface area contributed by atoms with Gasteiger partial charge in [-0.15, -0.1) is 11.3 Å². The second-order valence-corrected chi connectivity index (χ2v) is 5.62. The van der Waals surface area contributed by atoms with Crippen LogP contribution in [0.1, 0.15) is 31.2 Å². The Bertz CT molecular complexity index is 545. The fourth-order valence-corrected chi connectivity index (χ4v) is 3.30. The molecule has 0 atom stereocenters. The van der Waals surface area contributed by atoms with Crippen LogP contribution in [0.3, 0.4) is 0 Å². The Morgan fingerprint density at radius 2 is 2.29 bits per heavy atom. The summed E-state index contributed by atoms with van der Waals surface area (Å²) in [5, 5.41) is 1.08. The van der Waals surface area contributed by atoms with Gasteiger partial charge in [0.05, 0.1) is 22.4 Å². The van der Waals surface area contributed by atoms with Crippen molar-refractivity contribution in [2.75, 3.05) is 6.61 Å². The minimum absolute atomic E-state index is 0.157. The van der Waals surface area contributed by atoms with E-state index in [1.54, 1.807) is 11.3 Å². The van der Waals surface area contributed by atoms with Crippen LogP contribution in [0.25, 0.3) is 10.2 Å². The zero-order valence-corrected chi connectivity index (χ0v) is 10.7. The van der Waals surface area contributed by atoms with E-state index in [4.69, 9.17) is 10.5 Å². The quantitative estimate of drug-likeness (QED) is 0.908. The van der Waals surface area contributed by atoms with Gasteiger partial charge in [-0.25, -0.2) is 4.98 Å². The second kappa shape index (κ2) is 3.96. The Morgan fingerprint density at radius 3 is 2.94 bits per heavy atom. The Kier molecular flexibility index (Phi) is 2.56. The van der Waals surface area contributed by atoms with Crippen LogP contribution >= 0.6 is 11.3 Å². The first-order valence-electron chi connectivity index (χ1n) is 6.04. The van der Waals surface area contributed by atoms with Gasteiger partial charge in [0.1, 0.15) is 10.8 Å². The Morgan fingerprint density at radius 1 is 1.47 bits per heavy atom. The van der Waals surface area contributed by atoms with E-state index in [1.807, 2.05) is 19.1 Å². The summed E-state index contributed by atoms with van der Waals surface area (Å²) in [7, 11) is 0. The molecule has 0 saturated heterocycles. The van der Waals surface area contributed by atoms with E-state index in [2.05, 4.69) is 11.1 Å². The standard InChI is InChI=1S/C13H16N2OS/c1-2-16-9-4-5-10-11(8-9)17-12(15-10)13(14)6-3-7-13/h4-5,8H,2-3,6-7,14H2,1H3. The first kappa shape index (κ1) is 11.0. The largest absolute Gasteiger partial charge is 0.494 e. The molecule has 1 aromatic heterocycles. The highest BCUT2D eigenvalue weighted by molar-refractivity contribution is 7.18. The fourth-order valence-electron chi connectivity index (χ4n) is 2.15. The average Bonchev–Trinajstić information content (AvgIpc) is 2.69. The molecule has 3 rings (SSSR count). The molecule has 1 heterocycles. The summed E-state index contributed by atoms with van der Waals surface area (Å²) in [4.78, 5) is 4.65. The van der Waals surface area contributed by atoms with Gasteiger partial charge < -0.3 is 10.5 Å². The smallest absolute Gasteiger partial charge is 0.120 e. The molecule has 1 aromatic carbocycles. The minimum Gasteiger partial charge on any atom is -0.494 e.